The van der Waals surface area contributed by atoms with Crippen LogP contribution in [-0.2, 0) is 6.54 Å². The van der Waals surface area contributed by atoms with Crippen LogP contribution >= 0.6 is 0 Å². The van der Waals surface area contributed by atoms with Crippen LogP contribution in [0, 0.1) is 11.3 Å². The lowest BCUT2D eigenvalue weighted by Gasteiger charge is -2.15. The molecule has 0 bridgehead atoms. The van der Waals surface area contributed by atoms with Crippen LogP contribution in [0.3, 0.4) is 0 Å². The van der Waals surface area contributed by atoms with Crippen molar-refractivity contribution in [3.8, 4) is 6.07 Å². The highest BCUT2D eigenvalue weighted by Gasteiger charge is 2.07. The average molecular weight is 240 g/mol. The highest BCUT2D eigenvalue weighted by atomic mass is 16.4. The van der Waals surface area contributed by atoms with Crippen LogP contribution in [0.5, 0.6) is 0 Å². The quantitative estimate of drug-likeness (QED) is 0.771. The molecule has 0 aliphatic rings. The second kappa shape index (κ2) is 5.19. The summed E-state index contributed by atoms with van der Waals surface area (Å²) in [5.74, 6) is 0.932. The summed E-state index contributed by atoms with van der Waals surface area (Å²) < 4.78 is 5.32. The van der Waals surface area contributed by atoms with Gasteiger partial charge in [-0.05, 0) is 23.8 Å². The molecule has 0 saturated heterocycles. The van der Waals surface area contributed by atoms with Crippen LogP contribution in [0.4, 0.5) is 5.88 Å². The number of hydrogen-bond donors (Lipinski definition) is 0. The summed E-state index contributed by atoms with van der Waals surface area (Å²) in [4.78, 5) is 12.4. The Morgan fingerprint density at radius 1 is 1.39 bits per heavy atom. The summed E-state index contributed by atoms with van der Waals surface area (Å²) in [6, 6.07) is 12.9. The highest BCUT2D eigenvalue weighted by Crippen LogP contribution is 2.18. The van der Waals surface area contributed by atoms with E-state index < -0.39 is 0 Å². The molecule has 1 aromatic heterocycles. The lowest BCUT2D eigenvalue weighted by atomic mass is 10.1. The van der Waals surface area contributed by atoms with Gasteiger partial charge in [-0.25, -0.2) is 0 Å². The van der Waals surface area contributed by atoms with E-state index in [0.717, 1.165) is 5.56 Å². The molecule has 2 rings (SSSR count). The Hall–Kier alpha value is -2.54. The zero-order valence-corrected chi connectivity index (χ0v) is 9.96. The van der Waals surface area contributed by atoms with Crippen LogP contribution in [0.15, 0.2) is 40.8 Å². The van der Waals surface area contributed by atoms with Crippen molar-refractivity contribution in [2.75, 3.05) is 11.9 Å². The first-order valence-corrected chi connectivity index (χ1v) is 5.48. The molecule has 90 valence electrons. The van der Waals surface area contributed by atoms with E-state index in [1.54, 1.807) is 18.2 Å². The van der Waals surface area contributed by atoms with E-state index in [4.69, 9.17) is 9.68 Å². The molecule has 0 spiro atoms. The molecular formula is C14H12N2O2. The van der Waals surface area contributed by atoms with Gasteiger partial charge in [0.05, 0.1) is 11.6 Å². The third-order valence-corrected chi connectivity index (χ3v) is 2.58. The first kappa shape index (κ1) is 11.9. The Kier molecular flexibility index (Phi) is 3.44. The molecule has 1 aromatic carbocycles. The maximum Gasteiger partial charge on any atom is 0.196 e. The SMILES string of the molecule is CN(Cc1cccc(C#N)c1)c1ccc(C=O)o1. The van der Waals surface area contributed by atoms with Crippen molar-refractivity contribution in [2.24, 2.45) is 0 Å². The number of aldehydes is 1. The van der Waals surface area contributed by atoms with Crippen LogP contribution < -0.4 is 4.90 Å². The van der Waals surface area contributed by atoms with Crippen LogP contribution in [0.2, 0.25) is 0 Å². The van der Waals surface area contributed by atoms with Gasteiger partial charge in [-0.3, -0.25) is 4.79 Å². The molecule has 0 radical (unpaired) electrons. The van der Waals surface area contributed by atoms with Crippen molar-refractivity contribution in [1.82, 2.24) is 0 Å². The second-order valence-electron chi connectivity index (χ2n) is 3.96. The Balaban J connectivity index is 2.13. The summed E-state index contributed by atoms with van der Waals surface area (Å²) in [5, 5.41) is 8.83. The molecule has 0 fully saturated rings. The van der Waals surface area contributed by atoms with E-state index in [2.05, 4.69) is 6.07 Å². The molecule has 1 heterocycles. The van der Waals surface area contributed by atoms with Crippen molar-refractivity contribution in [2.45, 2.75) is 6.54 Å². The van der Waals surface area contributed by atoms with E-state index in [-0.39, 0.29) is 0 Å². The maximum absolute atomic E-state index is 10.5. The minimum absolute atomic E-state index is 0.308. The highest BCUT2D eigenvalue weighted by molar-refractivity contribution is 5.71. The summed E-state index contributed by atoms with van der Waals surface area (Å²) >= 11 is 0. The number of benzene rings is 1. The molecule has 4 nitrogen and oxygen atoms in total. The smallest absolute Gasteiger partial charge is 0.196 e. The number of furan rings is 1. The van der Waals surface area contributed by atoms with Crippen LogP contribution in [-0.4, -0.2) is 13.3 Å². The summed E-state index contributed by atoms with van der Waals surface area (Å²) in [6.45, 7) is 0.612. The van der Waals surface area contributed by atoms with E-state index in [1.165, 1.54) is 0 Å². The molecule has 0 amide bonds. The lowest BCUT2D eigenvalue weighted by Crippen LogP contribution is -2.15. The zero-order chi connectivity index (χ0) is 13.0. The third-order valence-electron chi connectivity index (χ3n) is 2.58. The predicted molar refractivity (Wildman–Crippen MR) is 67.4 cm³/mol. The normalized spacial score (nSPS) is 9.78. The number of anilines is 1. The number of nitriles is 1. The van der Waals surface area contributed by atoms with Gasteiger partial charge >= 0.3 is 0 Å². The van der Waals surface area contributed by atoms with Gasteiger partial charge in [0, 0.05) is 19.7 Å². The fraction of sp³-hybridized carbons (Fsp3) is 0.143. The van der Waals surface area contributed by atoms with Gasteiger partial charge in [0.2, 0.25) is 0 Å². The maximum atomic E-state index is 10.5. The van der Waals surface area contributed by atoms with Crippen LogP contribution in [0.1, 0.15) is 21.7 Å². The fourth-order valence-corrected chi connectivity index (χ4v) is 1.70. The predicted octanol–water partition coefficient (Wildman–Crippen LogP) is 2.60. The monoisotopic (exact) mass is 240 g/mol. The van der Waals surface area contributed by atoms with E-state index >= 15 is 0 Å². The lowest BCUT2D eigenvalue weighted by molar-refractivity contribution is 0.110. The first-order valence-electron chi connectivity index (χ1n) is 5.48. The van der Waals surface area contributed by atoms with Gasteiger partial charge in [0.25, 0.3) is 0 Å². The molecule has 0 aliphatic heterocycles. The standard InChI is InChI=1S/C14H12N2O2/c1-16(14-6-5-13(10-17)18-14)9-12-4-2-3-11(7-12)8-15/h2-7,10H,9H2,1H3. The van der Waals surface area contributed by atoms with Gasteiger partial charge in [-0.2, -0.15) is 5.26 Å². The van der Waals surface area contributed by atoms with Crippen molar-refractivity contribution >= 4 is 12.2 Å². The van der Waals surface area contributed by atoms with Gasteiger partial charge in [-0.1, -0.05) is 12.1 Å². The van der Waals surface area contributed by atoms with Crippen molar-refractivity contribution < 1.29 is 9.21 Å². The minimum atomic E-state index is 0.308. The Morgan fingerprint density at radius 2 is 2.22 bits per heavy atom. The summed E-state index contributed by atoms with van der Waals surface area (Å²) in [7, 11) is 1.87. The molecule has 4 heteroatoms. The Bertz CT molecular complexity index is 596. The van der Waals surface area contributed by atoms with Gasteiger partial charge in [0.1, 0.15) is 0 Å². The fourth-order valence-electron chi connectivity index (χ4n) is 1.70. The van der Waals surface area contributed by atoms with Crippen molar-refractivity contribution in [1.29, 1.82) is 5.26 Å². The molecular weight excluding hydrogens is 228 g/mol. The Labute approximate surface area is 105 Å². The van der Waals surface area contributed by atoms with E-state index in [9.17, 15) is 4.79 Å². The number of carbonyl (C=O) groups excluding carboxylic acids is 1. The summed E-state index contributed by atoms with van der Waals surface area (Å²) in [5.41, 5.74) is 1.65. The molecule has 0 N–H and O–H groups in total. The molecule has 2 aromatic rings. The molecule has 0 unspecified atom stereocenters. The molecule has 0 aliphatic carbocycles. The average Bonchev–Trinajstić information content (AvgIpc) is 2.88. The molecule has 0 saturated carbocycles. The number of nitrogens with zero attached hydrogens (tertiary/aromatic N) is 2. The minimum Gasteiger partial charge on any atom is -0.438 e. The van der Waals surface area contributed by atoms with E-state index in [0.29, 0.717) is 30.0 Å². The van der Waals surface area contributed by atoms with Gasteiger partial charge < -0.3 is 9.32 Å². The number of hydrogen-bond acceptors (Lipinski definition) is 4. The van der Waals surface area contributed by atoms with Crippen molar-refractivity contribution in [3.05, 3.63) is 53.3 Å². The first-order chi connectivity index (χ1) is 8.72. The van der Waals surface area contributed by atoms with E-state index in [1.807, 2.05) is 30.1 Å². The van der Waals surface area contributed by atoms with Crippen molar-refractivity contribution in [3.63, 3.8) is 0 Å². The largest absolute Gasteiger partial charge is 0.438 e. The van der Waals surface area contributed by atoms with Crippen LogP contribution in [0.25, 0.3) is 0 Å². The zero-order valence-electron chi connectivity index (χ0n) is 9.96. The third kappa shape index (κ3) is 2.58. The summed E-state index contributed by atoms with van der Waals surface area (Å²) in [6.07, 6.45) is 0.674. The molecule has 0 atom stereocenters. The Morgan fingerprint density at radius 3 is 2.89 bits per heavy atom. The van der Waals surface area contributed by atoms with Gasteiger partial charge in [-0.15, -0.1) is 0 Å². The second-order valence-corrected chi connectivity index (χ2v) is 3.96. The molecule has 18 heavy (non-hydrogen) atoms. The number of rotatable bonds is 4. The van der Waals surface area contributed by atoms with Gasteiger partial charge in [0.15, 0.2) is 17.9 Å². The number of carbonyl (C=O) groups is 1. The topological polar surface area (TPSA) is 57.2 Å².